The van der Waals surface area contributed by atoms with Gasteiger partial charge in [0.2, 0.25) is 5.89 Å². The van der Waals surface area contributed by atoms with Crippen molar-refractivity contribution in [2.45, 2.75) is 25.0 Å². The van der Waals surface area contributed by atoms with Gasteiger partial charge in [0, 0.05) is 13.0 Å². The van der Waals surface area contributed by atoms with Crippen LogP contribution in [0.2, 0.25) is 0 Å². The van der Waals surface area contributed by atoms with Gasteiger partial charge in [-0.05, 0) is 19.0 Å². The van der Waals surface area contributed by atoms with E-state index in [0.717, 1.165) is 5.56 Å². The van der Waals surface area contributed by atoms with E-state index in [9.17, 15) is 5.11 Å². The standard InChI is InChI=1S/C14H17N3O2/c1-17-9-11(18)8-12(17)14-15-13(16-19-14)7-10-5-3-2-4-6-10/h2-6,11-12,18H,7-9H2,1H3. The molecule has 0 bridgehead atoms. The van der Waals surface area contributed by atoms with Crippen LogP contribution < -0.4 is 0 Å². The van der Waals surface area contributed by atoms with Gasteiger partial charge < -0.3 is 9.63 Å². The largest absolute Gasteiger partial charge is 0.392 e. The zero-order valence-electron chi connectivity index (χ0n) is 10.9. The Hall–Kier alpha value is -1.72. The Labute approximate surface area is 111 Å². The first-order chi connectivity index (χ1) is 9.22. The molecule has 5 heteroatoms. The second-order valence-electron chi connectivity index (χ2n) is 5.06. The third-order valence-corrected chi connectivity index (χ3v) is 3.50. The third kappa shape index (κ3) is 2.67. The smallest absolute Gasteiger partial charge is 0.244 e. The topological polar surface area (TPSA) is 62.4 Å². The number of hydrogen-bond acceptors (Lipinski definition) is 5. The van der Waals surface area contributed by atoms with Crippen LogP contribution in [-0.2, 0) is 6.42 Å². The van der Waals surface area contributed by atoms with E-state index in [0.29, 0.717) is 31.1 Å². The van der Waals surface area contributed by atoms with E-state index >= 15 is 0 Å². The summed E-state index contributed by atoms with van der Waals surface area (Å²) in [6.07, 6.45) is 1.02. The van der Waals surface area contributed by atoms with Crippen LogP contribution in [0.3, 0.4) is 0 Å². The Kier molecular flexibility index (Phi) is 3.31. The maximum atomic E-state index is 9.64. The van der Waals surface area contributed by atoms with E-state index in [1.807, 2.05) is 42.3 Å². The molecule has 1 fully saturated rings. The fourth-order valence-electron chi connectivity index (χ4n) is 2.51. The van der Waals surface area contributed by atoms with Gasteiger partial charge in [0.05, 0.1) is 12.1 Å². The van der Waals surface area contributed by atoms with Crippen LogP contribution in [-0.4, -0.2) is 39.8 Å². The molecule has 1 aliphatic rings. The molecule has 100 valence electrons. The number of benzene rings is 1. The zero-order valence-corrected chi connectivity index (χ0v) is 10.9. The number of aliphatic hydroxyl groups excluding tert-OH is 1. The van der Waals surface area contributed by atoms with Crippen LogP contribution in [0.4, 0.5) is 0 Å². The van der Waals surface area contributed by atoms with Crippen molar-refractivity contribution in [3.05, 3.63) is 47.6 Å². The SMILES string of the molecule is CN1CC(O)CC1c1nc(Cc2ccccc2)no1. The lowest BCUT2D eigenvalue weighted by Crippen LogP contribution is -2.19. The maximum Gasteiger partial charge on any atom is 0.244 e. The summed E-state index contributed by atoms with van der Waals surface area (Å²) in [5, 5.41) is 13.7. The van der Waals surface area contributed by atoms with Crippen molar-refractivity contribution in [2.24, 2.45) is 0 Å². The summed E-state index contributed by atoms with van der Waals surface area (Å²) in [7, 11) is 1.96. The first-order valence-corrected chi connectivity index (χ1v) is 6.47. The number of aromatic nitrogens is 2. The van der Waals surface area contributed by atoms with Crippen molar-refractivity contribution in [3.8, 4) is 0 Å². The molecule has 2 heterocycles. The van der Waals surface area contributed by atoms with E-state index in [1.54, 1.807) is 0 Å². The minimum atomic E-state index is -0.306. The van der Waals surface area contributed by atoms with Gasteiger partial charge in [0.15, 0.2) is 5.82 Å². The Morgan fingerprint density at radius 2 is 2.16 bits per heavy atom. The number of likely N-dealkylation sites (tertiary alicyclic amines) is 1. The van der Waals surface area contributed by atoms with Crippen molar-refractivity contribution >= 4 is 0 Å². The number of nitrogens with zero attached hydrogens (tertiary/aromatic N) is 3. The molecule has 0 amide bonds. The second kappa shape index (κ2) is 5.11. The number of rotatable bonds is 3. The van der Waals surface area contributed by atoms with Gasteiger partial charge in [0.25, 0.3) is 0 Å². The maximum absolute atomic E-state index is 9.64. The highest BCUT2D eigenvalue weighted by atomic mass is 16.5. The number of β-amino-alcohol motifs (C(OH)–C–C–N with tert-alkyl or cyclic N) is 1. The highest BCUT2D eigenvalue weighted by Crippen LogP contribution is 2.29. The summed E-state index contributed by atoms with van der Waals surface area (Å²) in [6.45, 7) is 0.654. The molecule has 0 spiro atoms. The Morgan fingerprint density at radius 3 is 2.84 bits per heavy atom. The van der Waals surface area contributed by atoms with Gasteiger partial charge in [-0.15, -0.1) is 0 Å². The van der Waals surface area contributed by atoms with E-state index in [2.05, 4.69) is 10.1 Å². The fourth-order valence-corrected chi connectivity index (χ4v) is 2.51. The number of likely N-dealkylation sites (N-methyl/N-ethyl adjacent to an activating group) is 1. The monoisotopic (exact) mass is 259 g/mol. The molecule has 2 unspecified atom stereocenters. The van der Waals surface area contributed by atoms with Crippen molar-refractivity contribution in [2.75, 3.05) is 13.6 Å². The summed E-state index contributed by atoms with van der Waals surface area (Å²) in [5.74, 6) is 1.29. The third-order valence-electron chi connectivity index (χ3n) is 3.50. The summed E-state index contributed by atoms with van der Waals surface area (Å²) in [5.41, 5.74) is 1.16. The normalized spacial score (nSPS) is 23.9. The minimum Gasteiger partial charge on any atom is -0.392 e. The average Bonchev–Trinajstić information content (AvgIpc) is 2.97. The van der Waals surface area contributed by atoms with Crippen molar-refractivity contribution in [1.82, 2.24) is 15.0 Å². The van der Waals surface area contributed by atoms with Crippen LogP contribution in [0.15, 0.2) is 34.9 Å². The molecule has 3 rings (SSSR count). The van der Waals surface area contributed by atoms with Crippen LogP contribution in [0.1, 0.15) is 29.7 Å². The molecular formula is C14H17N3O2. The summed E-state index contributed by atoms with van der Waals surface area (Å²) < 4.78 is 5.33. The molecule has 19 heavy (non-hydrogen) atoms. The highest BCUT2D eigenvalue weighted by Gasteiger charge is 2.33. The molecule has 1 saturated heterocycles. The lowest BCUT2D eigenvalue weighted by molar-refractivity contribution is 0.182. The van der Waals surface area contributed by atoms with E-state index < -0.39 is 0 Å². The predicted molar refractivity (Wildman–Crippen MR) is 69.5 cm³/mol. The second-order valence-corrected chi connectivity index (χ2v) is 5.06. The van der Waals surface area contributed by atoms with E-state index in [-0.39, 0.29) is 12.1 Å². The van der Waals surface area contributed by atoms with Gasteiger partial charge in [-0.2, -0.15) is 4.98 Å². The molecule has 1 aromatic heterocycles. The van der Waals surface area contributed by atoms with Gasteiger partial charge in [-0.3, -0.25) is 4.90 Å². The Bertz CT molecular complexity index is 541. The molecule has 2 atom stereocenters. The zero-order chi connectivity index (χ0) is 13.2. The predicted octanol–water partition coefficient (Wildman–Crippen LogP) is 1.40. The first-order valence-electron chi connectivity index (χ1n) is 6.47. The molecule has 5 nitrogen and oxygen atoms in total. The summed E-state index contributed by atoms with van der Waals surface area (Å²) >= 11 is 0. The van der Waals surface area contributed by atoms with Gasteiger partial charge >= 0.3 is 0 Å². The quantitative estimate of drug-likeness (QED) is 0.902. The van der Waals surface area contributed by atoms with Crippen LogP contribution in [0.5, 0.6) is 0 Å². The molecule has 2 aromatic rings. The van der Waals surface area contributed by atoms with E-state index in [4.69, 9.17) is 4.52 Å². The fraction of sp³-hybridized carbons (Fsp3) is 0.429. The molecule has 1 aromatic carbocycles. The molecule has 1 N–H and O–H groups in total. The first kappa shape index (κ1) is 12.3. The van der Waals surface area contributed by atoms with Gasteiger partial charge in [-0.1, -0.05) is 35.5 Å². The van der Waals surface area contributed by atoms with Crippen LogP contribution >= 0.6 is 0 Å². The van der Waals surface area contributed by atoms with E-state index in [1.165, 1.54) is 0 Å². The summed E-state index contributed by atoms with van der Waals surface area (Å²) in [6, 6.07) is 10.1. The number of hydrogen-bond donors (Lipinski definition) is 1. The van der Waals surface area contributed by atoms with Crippen molar-refractivity contribution in [3.63, 3.8) is 0 Å². The minimum absolute atomic E-state index is 0.0343. The molecule has 1 aliphatic heterocycles. The lowest BCUT2D eigenvalue weighted by Gasteiger charge is -2.13. The summed E-state index contributed by atoms with van der Waals surface area (Å²) in [4.78, 5) is 6.49. The molecule has 0 saturated carbocycles. The molecule has 0 aliphatic carbocycles. The highest BCUT2D eigenvalue weighted by molar-refractivity contribution is 5.18. The molecule has 0 radical (unpaired) electrons. The van der Waals surface area contributed by atoms with Crippen LogP contribution in [0, 0.1) is 0 Å². The van der Waals surface area contributed by atoms with Crippen LogP contribution in [0.25, 0.3) is 0 Å². The Morgan fingerprint density at radius 1 is 1.37 bits per heavy atom. The Balaban J connectivity index is 1.73. The average molecular weight is 259 g/mol. The number of aliphatic hydroxyl groups is 1. The van der Waals surface area contributed by atoms with Gasteiger partial charge in [-0.25, -0.2) is 0 Å². The molecular weight excluding hydrogens is 242 g/mol. The van der Waals surface area contributed by atoms with Crippen molar-refractivity contribution in [1.29, 1.82) is 0 Å². The van der Waals surface area contributed by atoms with Crippen molar-refractivity contribution < 1.29 is 9.63 Å². The lowest BCUT2D eigenvalue weighted by atomic mass is 10.1. The van der Waals surface area contributed by atoms with Gasteiger partial charge in [0.1, 0.15) is 0 Å².